The molecule has 0 saturated heterocycles. The summed E-state index contributed by atoms with van der Waals surface area (Å²) in [6.45, 7) is 4.69. The third kappa shape index (κ3) is 4.71. The zero-order chi connectivity index (χ0) is 34.1. The Morgan fingerprint density at radius 1 is 0.412 bits per heavy atom. The molecule has 1 heterocycles. The van der Waals surface area contributed by atoms with Crippen LogP contribution in [-0.4, -0.2) is 0 Å². The van der Waals surface area contributed by atoms with Crippen molar-refractivity contribution in [3.8, 4) is 33.4 Å². The Hall–Kier alpha value is -6.38. The van der Waals surface area contributed by atoms with E-state index in [2.05, 4.69) is 189 Å². The van der Waals surface area contributed by atoms with Crippen LogP contribution in [0.25, 0.3) is 66.1 Å². The first-order valence-corrected chi connectivity index (χ1v) is 17.7. The highest BCUT2D eigenvalue weighted by Crippen LogP contribution is 2.51. The van der Waals surface area contributed by atoms with Gasteiger partial charge in [0.05, 0.1) is 0 Å². The van der Waals surface area contributed by atoms with E-state index < -0.39 is 0 Å². The molecular weight excluding hydrogens is 619 g/mol. The van der Waals surface area contributed by atoms with Gasteiger partial charge in [-0.2, -0.15) is 0 Å². The van der Waals surface area contributed by atoms with Crippen LogP contribution in [0, 0.1) is 0 Å². The van der Waals surface area contributed by atoms with Crippen LogP contribution in [0.3, 0.4) is 0 Å². The average Bonchev–Trinajstić information content (AvgIpc) is 3.67. The van der Waals surface area contributed by atoms with Crippen molar-refractivity contribution in [3.63, 3.8) is 0 Å². The van der Waals surface area contributed by atoms with Gasteiger partial charge in [0.2, 0.25) is 0 Å². The number of furan rings is 1. The fourth-order valence-corrected chi connectivity index (χ4v) is 8.22. The lowest BCUT2D eigenvalue weighted by atomic mass is 9.82. The Kier molecular flexibility index (Phi) is 6.56. The molecule has 1 aliphatic carbocycles. The first-order chi connectivity index (χ1) is 25.0. The van der Waals surface area contributed by atoms with Crippen LogP contribution in [0.4, 0.5) is 17.1 Å². The second-order valence-electron chi connectivity index (χ2n) is 14.2. The predicted molar refractivity (Wildman–Crippen MR) is 214 cm³/mol. The molecule has 0 bridgehead atoms. The molecule has 0 N–H and O–H groups in total. The smallest absolute Gasteiger partial charge is 0.143 e. The first-order valence-electron chi connectivity index (χ1n) is 17.7. The Morgan fingerprint density at radius 3 is 1.94 bits per heavy atom. The van der Waals surface area contributed by atoms with Gasteiger partial charge in [-0.3, -0.25) is 0 Å². The summed E-state index contributed by atoms with van der Waals surface area (Å²) in [5.41, 5.74) is 15.0. The molecule has 0 radical (unpaired) electrons. The van der Waals surface area contributed by atoms with Crippen molar-refractivity contribution >= 4 is 49.8 Å². The molecule has 0 amide bonds. The van der Waals surface area contributed by atoms with Crippen LogP contribution in [0.15, 0.2) is 180 Å². The highest BCUT2D eigenvalue weighted by Gasteiger charge is 2.35. The molecule has 0 atom stereocenters. The zero-order valence-electron chi connectivity index (χ0n) is 28.6. The SMILES string of the molecule is CC1(C)c2ccccc2-c2ccc(N(c3ccc(-c4cc(-c5ccccc5)cc5c4oc4ccccc45)cc3)c3ccc4ccccc4c3)cc21. The van der Waals surface area contributed by atoms with Gasteiger partial charge in [0.1, 0.15) is 11.2 Å². The molecule has 8 aromatic carbocycles. The van der Waals surface area contributed by atoms with E-state index in [1.54, 1.807) is 0 Å². The minimum atomic E-state index is -0.0947. The lowest BCUT2D eigenvalue weighted by Gasteiger charge is -2.28. The summed E-state index contributed by atoms with van der Waals surface area (Å²) in [6.07, 6.45) is 0. The van der Waals surface area contributed by atoms with Gasteiger partial charge in [-0.15, -0.1) is 0 Å². The van der Waals surface area contributed by atoms with Crippen molar-refractivity contribution in [1.29, 1.82) is 0 Å². The van der Waals surface area contributed by atoms with E-state index in [-0.39, 0.29) is 5.41 Å². The number of nitrogens with zero attached hydrogens (tertiary/aromatic N) is 1. The molecule has 2 nitrogen and oxygen atoms in total. The predicted octanol–water partition coefficient (Wildman–Crippen LogP) is 13.8. The van der Waals surface area contributed by atoms with E-state index in [4.69, 9.17) is 4.42 Å². The highest BCUT2D eigenvalue weighted by molar-refractivity contribution is 6.11. The van der Waals surface area contributed by atoms with Gasteiger partial charge >= 0.3 is 0 Å². The molecule has 9 aromatic rings. The van der Waals surface area contributed by atoms with Crippen LogP contribution in [-0.2, 0) is 5.41 Å². The molecule has 10 rings (SSSR count). The molecule has 0 fully saturated rings. The molecule has 0 spiro atoms. The minimum absolute atomic E-state index is 0.0947. The Balaban J connectivity index is 1.14. The van der Waals surface area contributed by atoms with Crippen molar-refractivity contribution in [2.45, 2.75) is 19.3 Å². The topological polar surface area (TPSA) is 16.4 Å². The molecular formula is C49H35NO. The van der Waals surface area contributed by atoms with Crippen LogP contribution >= 0.6 is 0 Å². The molecule has 0 unspecified atom stereocenters. The first kappa shape index (κ1) is 29.5. The van der Waals surface area contributed by atoms with E-state index >= 15 is 0 Å². The van der Waals surface area contributed by atoms with E-state index in [0.717, 1.165) is 50.1 Å². The summed E-state index contributed by atoms with van der Waals surface area (Å²) in [6, 6.07) is 63.7. The quantitative estimate of drug-likeness (QED) is 0.184. The number of para-hydroxylation sites is 1. The van der Waals surface area contributed by atoms with Crippen molar-refractivity contribution in [1.82, 2.24) is 0 Å². The lowest BCUT2D eigenvalue weighted by Crippen LogP contribution is -2.16. The number of hydrogen-bond donors (Lipinski definition) is 0. The summed E-state index contributed by atoms with van der Waals surface area (Å²) in [5, 5.41) is 4.71. The molecule has 1 aliphatic rings. The lowest BCUT2D eigenvalue weighted by molar-refractivity contribution is 0.660. The van der Waals surface area contributed by atoms with E-state index in [9.17, 15) is 0 Å². The normalized spacial score (nSPS) is 13.1. The van der Waals surface area contributed by atoms with Crippen molar-refractivity contribution in [3.05, 3.63) is 187 Å². The summed E-state index contributed by atoms with van der Waals surface area (Å²) < 4.78 is 6.56. The standard InChI is InChI=1S/C49H35NO/c1-49(2)45-18-10-8-16-40(45)41-27-26-39(31-46(41)49)50(38-25-20-33-14-6-7-15-35(33)28-38)37-23-21-34(22-24-37)43-29-36(32-12-4-3-5-13-32)30-44-42-17-9-11-19-47(42)51-48(43)44/h3-31H,1-2H3. The van der Waals surface area contributed by atoms with Crippen molar-refractivity contribution in [2.75, 3.05) is 4.90 Å². The summed E-state index contributed by atoms with van der Waals surface area (Å²) in [5.74, 6) is 0. The maximum atomic E-state index is 6.56. The van der Waals surface area contributed by atoms with Crippen LogP contribution in [0.1, 0.15) is 25.0 Å². The van der Waals surface area contributed by atoms with Crippen LogP contribution in [0.2, 0.25) is 0 Å². The van der Waals surface area contributed by atoms with Gasteiger partial charge < -0.3 is 9.32 Å². The van der Waals surface area contributed by atoms with Gasteiger partial charge in [-0.25, -0.2) is 0 Å². The molecule has 1 aromatic heterocycles. The van der Waals surface area contributed by atoms with Crippen LogP contribution < -0.4 is 4.90 Å². The monoisotopic (exact) mass is 653 g/mol. The third-order valence-corrected chi connectivity index (χ3v) is 10.8. The Morgan fingerprint density at radius 2 is 1.08 bits per heavy atom. The van der Waals surface area contributed by atoms with Crippen LogP contribution in [0.5, 0.6) is 0 Å². The van der Waals surface area contributed by atoms with Gasteiger partial charge in [-0.05, 0) is 104 Å². The van der Waals surface area contributed by atoms with Crippen molar-refractivity contribution < 1.29 is 4.42 Å². The third-order valence-electron chi connectivity index (χ3n) is 10.8. The number of anilines is 3. The van der Waals surface area contributed by atoms with E-state index in [1.165, 1.54) is 44.2 Å². The van der Waals surface area contributed by atoms with Gasteiger partial charge in [0.25, 0.3) is 0 Å². The second-order valence-corrected chi connectivity index (χ2v) is 14.2. The van der Waals surface area contributed by atoms with Gasteiger partial charge in [0, 0.05) is 38.8 Å². The molecule has 51 heavy (non-hydrogen) atoms. The molecule has 242 valence electrons. The Bertz CT molecular complexity index is 2770. The van der Waals surface area contributed by atoms with E-state index in [1.807, 2.05) is 6.07 Å². The molecule has 0 saturated carbocycles. The number of hydrogen-bond acceptors (Lipinski definition) is 2. The maximum Gasteiger partial charge on any atom is 0.143 e. The fourth-order valence-electron chi connectivity index (χ4n) is 8.22. The highest BCUT2D eigenvalue weighted by atomic mass is 16.3. The number of benzene rings is 8. The summed E-state index contributed by atoms with van der Waals surface area (Å²) in [7, 11) is 0. The van der Waals surface area contributed by atoms with Gasteiger partial charge in [0.15, 0.2) is 0 Å². The summed E-state index contributed by atoms with van der Waals surface area (Å²) >= 11 is 0. The Labute approximate surface area is 297 Å². The molecule has 0 aliphatic heterocycles. The molecule has 2 heteroatoms. The van der Waals surface area contributed by atoms with Crippen molar-refractivity contribution in [2.24, 2.45) is 0 Å². The minimum Gasteiger partial charge on any atom is -0.455 e. The second kappa shape index (κ2) is 11.3. The largest absolute Gasteiger partial charge is 0.455 e. The fraction of sp³-hybridized carbons (Fsp3) is 0.0612. The maximum absolute atomic E-state index is 6.56. The average molecular weight is 654 g/mol. The van der Waals surface area contributed by atoms with Gasteiger partial charge in [-0.1, -0.05) is 135 Å². The summed E-state index contributed by atoms with van der Waals surface area (Å²) in [4.78, 5) is 2.40. The number of fused-ring (bicyclic) bond motifs is 7. The zero-order valence-corrected chi connectivity index (χ0v) is 28.6. The number of rotatable bonds is 5. The van der Waals surface area contributed by atoms with E-state index in [0.29, 0.717) is 0 Å².